The molecule has 0 aliphatic heterocycles. The van der Waals surface area contributed by atoms with Gasteiger partial charge >= 0.3 is 0 Å². The minimum absolute atomic E-state index is 0.137. The van der Waals surface area contributed by atoms with Gasteiger partial charge in [-0.1, -0.05) is 13.8 Å². The lowest BCUT2D eigenvalue weighted by molar-refractivity contribution is -0.128. The number of rotatable bonds is 6. The second kappa shape index (κ2) is 5.72. The Morgan fingerprint density at radius 1 is 1.47 bits per heavy atom. The molecule has 90 valence electrons. The Labute approximate surface area is 95.1 Å². The van der Waals surface area contributed by atoms with Crippen LogP contribution >= 0.6 is 11.8 Å². The first-order chi connectivity index (χ1) is 6.69. The van der Waals surface area contributed by atoms with E-state index in [-0.39, 0.29) is 11.7 Å². The fourth-order valence-corrected chi connectivity index (χ4v) is 3.27. The number of nitrogens with two attached hydrogens (primary N) is 1. The van der Waals surface area contributed by atoms with E-state index < -0.39 is 15.3 Å². The molecular formula is C8H18N2O3S2. The maximum Gasteiger partial charge on any atom is 0.240 e. The summed E-state index contributed by atoms with van der Waals surface area (Å²) in [7, 11) is -2.91. The zero-order valence-corrected chi connectivity index (χ0v) is 10.9. The van der Waals surface area contributed by atoms with Crippen LogP contribution in [-0.4, -0.2) is 37.8 Å². The van der Waals surface area contributed by atoms with Crippen LogP contribution in [0, 0.1) is 5.41 Å². The summed E-state index contributed by atoms with van der Waals surface area (Å²) < 4.78 is 21.7. The topological polar surface area (TPSA) is 89.3 Å². The normalized spacial score (nSPS) is 12.5. The smallest absolute Gasteiger partial charge is 0.240 e. The van der Waals surface area contributed by atoms with Crippen molar-refractivity contribution < 1.29 is 13.2 Å². The fraction of sp³-hybridized carbons (Fsp3) is 0.875. The molecule has 0 aliphatic carbocycles. The molecule has 0 aromatic rings. The van der Waals surface area contributed by atoms with Crippen LogP contribution in [-0.2, 0) is 14.6 Å². The highest BCUT2D eigenvalue weighted by Crippen LogP contribution is 2.21. The Morgan fingerprint density at radius 3 is 2.40 bits per heavy atom. The van der Waals surface area contributed by atoms with Gasteiger partial charge in [-0.2, -0.15) is 11.8 Å². The van der Waals surface area contributed by atoms with Gasteiger partial charge in [-0.25, -0.2) is 14.3 Å². The van der Waals surface area contributed by atoms with Gasteiger partial charge in [0.05, 0.1) is 11.2 Å². The van der Waals surface area contributed by atoms with Gasteiger partial charge in [0.1, 0.15) is 9.84 Å². The summed E-state index contributed by atoms with van der Waals surface area (Å²) in [6.45, 7) is 3.53. The van der Waals surface area contributed by atoms with Crippen molar-refractivity contribution >= 4 is 27.5 Å². The molecule has 5 nitrogen and oxygen atoms in total. The molecule has 0 fully saturated rings. The highest BCUT2D eigenvalue weighted by Gasteiger charge is 2.26. The molecule has 0 unspecified atom stereocenters. The molecule has 0 radical (unpaired) electrons. The Morgan fingerprint density at radius 2 is 2.00 bits per heavy atom. The summed E-state index contributed by atoms with van der Waals surface area (Å²) in [5.74, 6) is 5.97. The summed E-state index contributed by atoms with van der Waals surface area (Å²) in [4.78, 5) is 11.3. The Kier molecular flexibility index (Phi) is 5.61. The third-order valence-electron chi connectivity index (χ3n) is 1.81. The molecule has 0 aromatic heterocycles. The van der Waals surface area contributed by atoms with Gasteiger partial charge in [-0.3, -0.25) is 10.2 Å². The molecule has 0 atom stereocenters. The average molecular weight is 254 g/mol. The second-order valence-corrected chi connectivity index (χ2v) is 7.40. The van der Waals surface area contributed by atoms with Crippen LogP contribution in [0.3, 0.4) is 0 Å². The number of thioether (sulfide) groups is 1. The molecule has 0 aliphatic rings. The lowest BCUT2D eigenvalue weighted by Gasteiger charge is -2.21. The minimum Gasteiger partial charge on any atom is -0.294 e. The number of hydrogen-bond acceptors (Lipinski definition) is 5. The number of sulfone groups is 1. The minimum atomic E-state index is -2.91. The molecule has 0 heterocycles. The quantitative estimate of drug-likeness (QED) is 0.296. The van der Waals surface area contributed by atoms with Crippen LogP contribution in [0.25, 0.3) is 0 Å². The van der Waals surface area contributed by atoms with E-state index in [1.165, 1.54) is 18.0 Å². The van der Waals surface area contributed by atoms with Gasteiger partial charge in [-0.05, 0) is 0 Å². The van der Waals surface area contributed by atoms with Crippen molar-refractivity contribution in [3.8, 4) is 0 Å². The van der Waals surface area contributed by atoms with Crippen molar-refractivity contribution in [1.29, 1.82) is 0 Å². The van der Waals surface area contributed by atoms with Crippen molar-refractivity contribution in [2.24, 2.45) is 11.3 Å². The molecule has 7 heteroatoms. The van der Waals surface area contributed by atoms with Crippen LogP contribution < -0.4 is 11.3 Å². The van der Waals surface area contributed by atoms with Gasteiger partial charge in [0.2, 0.25) is 5.91 Å². The summed E-state index contributed by atoms with van der Waals surface area (Å²) in [5.41, 5.74) is 1.52. The van der Waals surface area contributed by atoms with Crippen LogP contribution in [0.5, 0.6) is 0 Å². The number of amides is 1. The van der Waals surface area contributed by atoms with Gasteiger partial charge in [-0.15, -0.1) is 0 Å². The van der Waals surface area contributed by atoms with E-state index in [0.29, 0.717) is 11.5 Å². The maximum absolute atomic E-state index is 11.3. The number of carbonyl (C=O) groups is 1. The van der Waals surface area contributed by atoms with Gasteiger partial charge in [0.15, 0.2) is 0 Å². The lowest BCUT2D eigenvalue weighted by Crippen LogP contribution is -2.42. The Bertz CT molecular complexity index is 312. The predicted molar refractivity (Wildman–Crippen MR) is 63.1 cm³/mol. The van der Waals surface area contributed by atoms with Crippen LogP contribution in [0.2, 0.25) is 0 Å². The van der Waals surface area contributed by atoms with Gasteiger partial charge in [0, 0.05) is 17.8 Å². The second-order valence-electron chi connectivity index (χ2n) is 4.04. The van der Waals surface area contributed by atoms with Crippen molar-refractivity contribution in [3.05, 3.63) is 0 Å². The average Bonchev–Trinajstić information content (AvgIpc) is 2.09. The van der Waals surface area contributed by atoms with E-state index in [1.54, 1.807) is 13.8 Å². The molecule has 1 amide bonds. The monoisotopic (exact) mass is 254 g/mol. The van der Waals surface area contributed by atoms with Crippen molar-refractivity contribution in [1.82, 2.24) is 5.43 Å². The lowest BCUT2D eigenvalue weighted by atomic mass is 9.96. The van der Waals surface area contributed by atoms with E-state index in [1.807, 2.05) is 0 Å². The van der Waals surface area contributed by atoms with E-state index in [0.717, 1.165) is 0 Å². The van der Waals surface area contributed by atoms with E-state index >= 15 is 0 Å². The Hall–Kier alpha value is -0.270. The van der Waals surface area contributed by atoms with E-state index in [4.69, 9.17) is 5.84 Å². The zero-order chi connectivity index (χ0) is 12.1. The van der Waals surface area contributed by atoms with Crippen molar-refractivity contribution in [3.63, 3.8) is 0 Å². The SMILES string of the molecule is CC(C)(CSCCS(C)(=O)=O)C(=O)NN. The molecular weight excluding hydrogens is 236 g/mol. The summed E-state index contributed by atoms with van der Waals surface area (Å²) in [6, 6.07) is 0. The molecule has 0 rings (SSSR count). The summed E-state index contributed by atoms with van der Waals surface area (Å²) in [6.07, 6.45) is 1.20. The van der Waals surface area contributed by atoms with Gasteiger partial charge in [0.25, 0.3) is 0 Å². The first-order valence-corrected chi connectivity index (χ1v) is 7.67. The third-order valence-corrected chi connectivity index (χ3v) is 4.43. The molecule has 0 aromatic carbocycles. The third kappa shape index (κ3) is 6.75. The summed E-state index contributed by atoms with van der Waals surface area (Å²) in [5, 5.41) is 0. The number of nitrogens with one attached hydrogen (secondary N) is 1. The first-order valence-electron chi connectivity index (χ1n) is 4.45. The van der Waals surface area contributed by atoms with E-state index in [2.05, 4.69) is 5.43 Å². The molecule has 15 heavy (non-hydrogen) atoms. The van der Waals surface area contributed by atoms with Crippen molar-refractivity contribution in [2.75, 3.05) is 23.5 Å². The van der Waals surface area contributed by atoms with Crippen molar-refractivity contribution in [2.45, 2.75) is 13.8 Å². The number of carbonyl (C=O) groups excluding carboxylic acids is 1. The molecule has 0 spiro atoms. The Balaban J connectivity index is 3.91. The predicted octanol–water partition coefficient (Wildman–Crippen LogP) is -0.220. The highest BCUT2D eigenvalue weighted by atomic mass is 32.2. The zero-order valence-electron chi connectivity index (χ0n) is 9.24. The van der Waals surface area contributed by atoms with Crippen LogP contribution in [0.1, 0.15) is 13.8 Å². The van der Waals surface area contributed by atoms with Gasteiger partial charge < -0.3 is 0 Å². The first kappa shape index (κ1) is 14.7. The molecule has 0 saturated heterocycles. The van der Waals surface area contributed by atoms with E-state index in [9.17, 15) is 13.2 Å². The molecule has 3 N–H and O–H groups in total. The highest BCUT2D eigenvalue weighted by molar-refractivity contribution is 8.00. The summed E-state index contributed by atoms with van der Waals surface area (Å²) >= 11 is 1.44. The number of hydrazine groups is 1. The standard InChI is InChI=1S/C8H18N2O3S2/c1-8(2,7(11)10-9)6-14-4-5-15(3,12)13/h4-6,9H2,1-3H3,(H,10,11). The largest absolute Gasteiger partial charge is 0.294 e. The maximum atomic E-state index is 11.3. The van der Waals surface area contributed by atoms with Crippen LogP contribution in [0.15, 0.2) is 0 Å². The number of hydrogen-bond donors (Lipinski definition) is 2. The van der Waals surface area contributed by atoms with Crippen LogP contribution in [0.4, 0.5) is 0 Å². The molecule has 0 saturated carbocycles. The molecule has 0 bridgehead atoms. The fourth-order valence-electron chi connectivity index (χ4n) is 0.799.